The molecule has 2 N–H and O–H groups in total. The number of nitrogens with zero attached hydrogens (tertiary/aromatic N) is 2. The molecule has 1 heterocycles. The summed E-state index contributed by atoms with van der Waals surface area (Å²) >= 11 is 0. The molecule has 0 atom stereocenters. The van der Waals surface area contributed by atoms with E-state index in [1.165, 1.54) is 0 Å². The molecule has 0 saturated heterocycles. The predicted molar refractivity (Wildman–Crippen MR) is 81.8 cm³/mol. The first-order valence-corrected chi connectivity index (χ1v) is 6.74. The van der Waals surface area contributed by atoms with Gasteiger partial charge in [0.15, 0.2) is 0 Å². The number of benzene rings is 1. The summed E-state index contributed by atoms with van der Waals surface area (Å²) in [6.45, 7) is 4.70. The molecule has 20 heavy (non-hydrogen) atoms. The molecule has 106 valence electrons. The molecule has 0 aliphatic rings. The minimum Gasteiger partial charge on any atom is -0.494 e. The van der Waals surface area contributed by atoms with Gasteiger partial charge >= 0.3 is 0 Å². The van der Waals surface area contributed by atoms with Gasteiger partial charge in [-0.3, -0.25) is 0 Å². The van der Waals surface area contributed by atoms with Gasteiger partial charge in [-0.1, -0.05) is 6.92 Å². The lowest BCUT2D eigenvalue weighted by Gasteiger charge is -2.09. The van der Waals surface area contributed by atoms with Gasteiger partial charge in [0.05, 0.1) is 6.61 Å². The van der Waals surface area contributed by atoms with E-state index < -0.39 is 0 Å². The zero-order valence-electron chi connectivity index (χ0n) is 12.1. The Bertz CT molecular complexity index is 554. The van der Waals surface area contributed by atoms with Crippen LogP contribution in [0.15, 0.2) is 30.3 Å². The molecule has 1 aromatic heterocycles. The number of ether oxygens (including phenoxy) is 1. The second-order valence-corrected chi connectivity index (χ2v) is 4.43. The highest BCUT2D eigenvalue weighted by atomic mass is 16.5. The van der Waals surface area contributed by atoms with Crippen molar-refractivity contribution < 1.29 is 4.74 Å². The number of rotatable bonds is 6. The van der Waals surface area contributed by atoms with Gasteiger partial charge in [0.25, 0.3) is 0 Å². The molecular weight excluding hydrogens is 252 g/mol. The standard InChI is InChI=1S/C15H20N4O/c1-4-9-20-13-7-5-12(6-8-13)19-15-10-14(16-3)17-11(2)18-15/h5-8,10H,4,9H2,1-3H3,(H2,16,17,18,19). The van der Waals surface area contributed by atoms with Crippen molar-refractivity contribution in [3.63, 3.8) is 0 Å². The lowest BCUT2D eigenvalue weighted by Crippen LogP contribution is -2.01. The molecule has 0 saturated carbocycles. The van der Waals surface area contributed by atoms with Crippen molar-refractivity contribution in [2.45, 2.75) is 20.3 Å². The molecule has 2 aromatic rings. The Morgan fingerprint density at radius 1 is 1.10 bits per heavy atom. The Kier molecular flexibility index (Phi) is 4.76. The van der Waals surface area contributed by atoms with Gasteiger partial charge in [0, 0.05) is 18.8 Å². The summed E-state index contributed by atoms with van der Waals surface area (Å²) in [6, 6.07) is 9.72. The van der Waals surface area contributed by atoms with Gasteiger partial charge in [-0.15, -0.1) is 0 Å². The van der Waals surface area contributed by atoms with Crippen LogP contribution in [0.1, 0.15) is 19.2 Å². The van der Waals surface area contributed by atoms with Crippen LogP contribution in [-0.2, 0) is 0 Å². The Labute approximate surface area is 119 Å². The molecule has 0 bridgehead atoms. The molecule has 5 heteroatoms. The summed E-state index contributed by atoms with van der Waals surface area (Å²) in [4.78, 5) is 8.62. The normalized spacial score (nSPS) is 10.2. The number of aromatic nitrogens is 2. The number of anilines is 3. The van der Waals surface area contributed by atoms with E-state index in [0.717, 1.165) is 41.9 Å². The molecule has 2 rings (SSSR count). The minimum atomic E-state index is 0.724. The molecule has 5 nitrogen and oxygen atoms in total. The quantitative estimate of drug-likeness (QED) is 0.844. The SMILES string of the molecule is CCCOc1ccc(Nc2cc(NC)nc(C)n2)cc1. The largest absolute Gasteiger partial charge is 0.494 e. The Hall–Kier alpha value is -2.30. The molecular formula is C15H20N4O. The molecule has 0 aliphatic carbocycles. The van der Waals surface area contributed by atoms with E-state index >= 15 is 0 Å². The van der Waals surface area contributed by atoms with E-state index in [-0.39, 0.29) is 0 Å². The van der Waals surface area contributed by atoms with Crippen LogP contribution in [0.5, 0.6) is 5.75 Å². The highest BCUT2D eigenvalue weighted by molar-refractivity contribution is 5.59. The van der Waals surface area contributed by atoms with Crippen molar-refractivity contribution in [1.29, 1.82) is 0 Å². The zero-order chi connectivity index (χ0) is 14.4. The van der Waals surface area contributed by atoms with Crippen molar-refractivity contribution in [3.05, 3.63) is 36.2 Å². The van der Waals surface area contributed by atoms with Gasteiger partial charge in [-0.2, -0.15) is 0 Å². The highest BCUT2D eigenvalue weighted by Crippen LogP contribution is 2.20. The van der Waals surface area contributed by atoms with Crippen LogP contribution in [0.3, 0.4) is 0 Å². The molecule has 0 spiro atoms. The fourth-order valence-electron chi connectivity index (χ4n) is 1.76. The molecule has 0 radical (unpaired) electrons. The van der Waals surface area contributed by atoms with Crippen molar-refractivity contribution in [2.75, 3.05) is 24.3 Å². The first kappa shape index (κ1) is 14.1. The number of nitrogens with one attached hydrogen (secondary N) is 2. The Balaban J connectivity index is 2.07. The number of hydrogen-bond acceptors (Lipinski definition) is 5. The number of hydrogen-bond donors (Lipinski definition) is 2. The van der Waals surface area contributed by atoms with Crippen LogP contribution < -0.4 is 15.4 Å². The van der Waals surface area contributed by atoms with Crippen LogP contribution in [0.2, 0.25) is 0 Å². The van der Waals surface area contributed by atoms with E-state index in [1.54, 1.807) is 0 Å². The van der Waals surface area contributed by atoms with E-state index in [1.807, 2.05) is 44.3 Å². The number of aryl methyl sites for hydroxylation is 1. The van der Waals surface area contributed by atoms with Gasteiger partial charge in [0.1, 0.15) is 23.2 Å². The van der Waals surface area contributed by atoms with E-state index in [2.05, 4.69) is 27.5 Å². The zero-order valence-corrected chi connectivity index (χ0v) is 12.1. The third kappa shape index (κ3) is 3.85. The lowest BCUT2D eigenvalue weighted by atomic mass is 10.3. The van der Waals surface area contributed by atoms with E-state index in [0.29, 0.717) is 0 Å². The van der Waals surface area contributed by atoms with Crippen molar-refractivity contribution >= 4 is 17.3 Å². The smallest absolute Gasteiger partial charge is 0.136 e. The van der Waals surface area contributed by atoms with Crippen molar-refractivity contribution in [2.24, 2.45) is 0 Å². The summed E-state index contributed by atoms with van der Waals surface area (Å²) in [7, 11) is 1.84. The van der Waals surface area contributed by atoms with Crippen LogP contribution in [0.4, 0.5) is 17.3 Å². The van der Waals surface area contributed by atoms with Crippen molar-refractivity contribution in [1.82, 2.24) is 9.97 Å². The molecule has 1 aromatic carbocycles. The van der Waals surface area contributed by atoms with Crippen molar-refractivity contribution in [3.8, 4) is 5.75 Å². The average Bonchev–Trinajstić information content (AvgIpc) is 2.46. The van der Waals surface area contributed by atoms with Crippen LogP contribution in [0.25, 0.3) is 0 Å². The molecule has 0 unspecified atom stereocenters. The summed E-state index contributed by atoms with van der Waals surface area (Å²) in [5, 5.41) is 6.27. The predicted octanol–water partition coefficient (Wildman–Crippen LogP) is 3.36. The van der Waals surface area contributed by atoms with Crippen LogP contribution in [0, 0.1) is 6.92 Å². The second kappa shape index (κ2) is 6.75. The summed E-state index contributed by atoms with van der Waals surface area (Å²) < 4.78 is 5.55. The monoisotopic (exact) mass is 272 g/mol. The maximum Gasteiger partial charge on any atom is 0.136 e. The highest BCUT2D eigenvalue weighted by Gasteiger charge is 2.01. The summed E-state index contributed by atoms with van der Waals surface area (Å²) in [5.41, 5.74) is 0.967. The van der Waals surface area contributed by atoms with Crippen LogP contribution in [-0.4, -0.2) is 23.6 Å². The molecule has 0 amide bonds. The average molecular weight is 272 g/mol. The Morgan fingerprint density at radius 2 is 1.80 bits per heavy atom. The first-order chi connectivity index (χ1) is 9.71. The first-order valence-electron chi connectivity index (χ1n) is 6.74. The maximum atomic E-state index is 5.55. The maximum absolute atomic E-state index is 5.55. The van der Waals surface area contributed by atoms with Crippen LogP contribution >= 0.6 is 0 Å². The molecule has 0 fully saturated rings. The minimum absolute atomic E-state index is 0.724. The summed E-state index contributed by atoms with van der Waals surface area (Å²) in [6.07, 6.45) is 1.01. The van der Waals surface area contributed by atoms with E-state index in [9.17, 15) is 0 Å². The third-order valence-electron chi connectivity index (χ3n) is 2.69. The fraction of sp³-hybridized carbons (Fsp3) is 0.333. The van der Waals surface area contributed by atoms with Gasteiger partial charge < -0.3 is 15.4 Å². The Morgan fingerprint density at radius 3 is 2.45 bits per heavy atom. The van der Waals surface area contributed by atoms with Gasteiger partial charge in [-0.25, -0.2) is 9.97 Å². The summed E-state index contributed by atoms with van der Waals surface area (Å²) in [5.74, 6) is 3.17. The third-order valence-corrected chi connectivity index (χ3v) is 2.69. The van der Waals surface area contributed by atoms with E-state index in [4.69, 9.17) is 4.74 Å². The lowest BCUT2D eigenvalue weighted by molar-refractivity contribution is 0.317. The van der Waals surface area contributed by atoms with Gasteiger partial charge in [-0.05, 0) is 37.6 Å². The topological polar surface area (TPSA) is 59.1 Å². The van der Waals surface area contributed by atoms with Gasteiger partial charge in [0.2, 0.25) is 0 Å². The fourth-order valence-corrected chi connectivity index (χ4v) is 1.76. The second-order valence-electron chi connectivity index (χ2n) is 4.43. The molecule has 0 aliphatic heterocycles.